The molecular formula is C15H13N3OS. The first-order chi connectivity index (χ1) is 9.65. The highest BCUT2D eigenvalue weighted by Gasteiger charge is 2.11. The number of aromatic nitrogens is 3. The molecule has 0 atom stereocenters. The van der Waals surface area contributed by atoms with Crippen molar-refractivity contribution in [3.63, 3.8) is 0 Å². The van der Waals surface area contributed by atoms with Crippen LogP contribution in [0.4, 0.5) is 0 Å². The summed E-state index contributed by atoms with van der Waals surface area (Å²) in [5.74, 6) is 0.724. The van der Waals surface area contributed by atoms with Gasteiger partial charge in [-0.25, -0.2) is 4.98 Å². The molecule has 0 unspecified atom stereocenters. The molecule has 5 heteroatoms. The Hall–Kier alpha value is -2.27. The third kappa shape index (κ3) is 2.28. The second kappa shape index (κ2) is 5.02. The van der Waals surface area contributed by atoms with Crippen molar-refractivity contribution in [3.05, 3.63) is 58.6 Å². The van der Waals surface area contributed by atoms with Crippen molar-refractivity contribution in [2.45, 2.75) is 13.5 Å². The quantitative estimate of drug-likeness (QED) is 0.593. The molecular weight excluding hydrogens is 270 g/mol. The monoisotopic (exact) mass is 283 g/mol. The molecule has 1 aromatic heterocycles. The predicted molar refractivity (Wildman–Crippen MR) is 80.4 cm³/mol. The second-order valence-electron chi connectivity index (χ2n) is 4.63. The summed E-state index contributed by atoms with van der Waals surface area (Å²) in [7, 11) is 0. The summed E-state index contributed by atoms with van der Waals surface area (Å²) < 4.78 is 1.99. The van der Waals surface area contributed by atoms with Gasteiger partial charge in [-0.2, -0.15) is 0 Å². The van der Waals surface area contributed by atoms with E-state index >= 15 is 0 Å². The van der Waals surface area contributed by atoms with E-state index in [0.29, 0.717) is 16.2 Å². The van der Waals surface area contributed by atoms with E-state index in [1.807, 2.05) is 49.4 Å². The van der Waals surface area contributed by atoms with Crippen molar-refractivity contribution < 1.29 is 4.79 Å². The van der Waals surface area contributed by atoms with Crippen LogP contribution in [-0.2, 0) is 6.54 Å². The van der Waals surface area contributed by atoms with E-state index < -0.39 is 0 Å². The molecule has 0 aliphatic rings. The number of nitrogens with one attached hydrogen (secondary N) is 1. The number of ketones is 1. The number of nitrogens with zero attached hydrogens (tertiary/aromatic N) is 2. The lowest BCUT2D eigenvalue weighted by Gasteiger charge is -2.06. The molecule has 3 rings (SSSR count). The maximum absolute atomic E-state index is 12.5. The molecule has 0 amide bonds. The first-order valence-electron chi connectivity index (χ1n) is 6.29. The Morgan fingerprint density at radius 2 is 2.00 bits per heavy atom. The van der Waals surface area contributed by atoms with Gasteiger partial charge in [0.2, 0.25) is 4.77 Å². The van der Waals surface area contributed by atoms with Gasteiger partial charge in [0.15, 0.2) is 5.78 Å². The molecule has 2 aromatic carbocycles. The van der Waals surface area contributed by atoms with Crippen LogP contribution in [0, 0.1) is 11.7 Å². The fourth-order valence-electron chi connectivity index (χ4n) is 2.28. The summed E-state index contributed by atoms with van der Waals surface area (Å²) >= 11 is 5.11. The van der Waals surface area contributed by atoms with Crippen molar-refractivity contribution in [1.29, 1.82) is 0 Å². The van der Waals surface area contributed by atoms with Crippen LogP contribution in [0.25, 0.3) is 10.8 Å². The van der Waals surface area contributed by atoms with Gasteiger partial charge in [-0.3, -0.25) is 14.6 Å². The molecule has 0 spiro atoms. The van der Waals surface area contributed by atoms with Crippen molar-refractivity contribution in [1.82, 2.24) is 14.8 Å². The highest BCUT2D eigenvalue weighted by atomic mass is 32.1. The third-order valence-electron chi connectivity index (χ3n) is 3.18. The SMILES string of the molecule is Cc1nc(=S)n(CC(=O)c2cccc3ccccc23)[nH]1. The summed E-state index contributed by atoms with van der Waals surface area (Å²) in [6.45, 7) is 1.99. The zero-order valence-electron chi connectivity index (χ0n) is 11.0. The number of hydrogen-bond donors (Lipinski definition) is 1. The molecule has 100 valence electrons. The Morgan fingerprint density at radius 3 is 2.75 bits per heavy atom. The van der Waals surface area contributed by atoms with Crippen molar-refractivity contribution in [3.8, 4) is 0 Å². The molecule has 1 heterocycles. The van der Waals surface area contributed by atoms with Crippen LogP contribution in [0.3, 0.4) is 0 Å². The fourth-order valence-corrected chi connectivity index (χ4v) is 2.52. The number of fused-ring (bicyclic) bond motifs is 1. The molecule has 0 saturated heterocycles. The summed E-state index contributed by atoms with van der Waals surface area (Å²) in [5.41, 5.74) is 0.706. The summed E-state index contributed by atoms with van der Waals surface area (Å²) in [6, 6.07) is 13.6. The average molecular weight is 283 g/mol. The average Bonchev–Trinajstić information content (AvgIpc) is 2.76. The molecule has 0 saturated carbocycles. The Balaban J connectivity index is 2.01. The minimum absolute atomic E-state index is 0.0153. The van der Waals surface area contributed by atoms with Gasteiger partial charge in [-0.05, 0) is 29.9 Å². The minimum Gasteiger partial charge on any atom is -0.292 e. The lowest BCUT2D eigenvalue weighted by molar-refractivity contribution is 0.0968. The molecule has 3 aromatic rings. The maximum atomic E-state index is 12.5. The predicted octanol–water partition coefficient (Wildman–Crippen LogP) is 3.29. The number of aryl methyl sites for hydroxylation is 1. The fraction of sp³-hybridized carbons (Fsp3) is 0.133. The molecule has 0 radical (unpaired) electrons. The summed E-state index contributed by atoms with van der Waals surface area (Å²) in [5, 5.41) is 4.99. The number of aromatic amines is 1. The van der Waals surface area contributed by atoms with Crippen LogP contribution >= 0.6 is 12.2 Å². The number of carbonyl (C=O) groups excluding carboxylic acids is 1. The number of rotatable bonds is 3. The number of Topliss-reactive ketones (excluding diaryl/α,β-unsaturated/α-hetero) is 1. The van der Waals surface area contributed by atoms with E-state index in [-0.39, 0.29) is 12.3 Å². The van der Waals surface area contributed by atoms with Crippen LogP contribution in [0.2, 0.25) is 0 Å². The topological polar surface area (TPSA) is 50.7 Å². The molecule has 4 nitrogen and oxygen atoms in total. The van der Waals surface area contributed by atoms with Gasteiger partial charge in [0.1, 0.15) is 12.4 Å². The zero-order valence-corrected chi connectivity index (χ0v) is 11.8. The van der Waals surface area contributed by atoms with E-state index in [2.05, 4.69) is 10.1 Å². The van der Waals surface area contributed by atoms with Gasteiger partial charge >= 0.3 is 0 Å². The minimum atomic E-state index is 0.0153. The van der Waals surface area contributed by atoms with Crippen molar-refractivity contribution >= 4 is 28.8 Å². The molecule has 0 fully saturated rings. The normalized spacial score (nSPS) is 10.8. The first-order valence-corrected chi connectivity index (χ1v) is 6.70. The molecule has 20 heavy (non-hydrogen) atoms. The van der Waals surface area contributed by atoms with Crippen LogP contribution in [0.1, 0.15) is 16.2 Å². The number of H-pyrrole nitrogens is 1. The van der Waals surface area contributed by atoms with E-state index in [1.54, 1.807) is 4.68 Å². The molecule has 0 bridgehead atoms. The van der Waals surface area contributed by atoms with Crippen molar-refractivity contribution in [2.75, 3.05) is 0 Å². The van der Waals surface area contributed by atoms with Crippen LogP contribution < -0.4 is 0 Å². The lowest BCUT2D eigenvalue weighted by Crippen LogP contribution is -2.12. The Morgan fingerprint density at radius 1 is 1.25 bits per heavy atom. The number of carbonyl (C=O) groups is 1. The van der Waals surface area contributed by atoms with Gasteiger partial charge in [-0.1, -0.05) is 42.5 Å². The summed E-state index contributed by atoms with van der Waals surface area (Å²) in [6.07, 6.45) is 0. The summed E-state index contributed by atoms with van der Waals surface area (Å²) in [4.78, 5) is 16.6. The molecule has 0 aliphatic heterocycles. The largest absolute Gasteiger partial charge is 0.292 e. The van der Waals surface area contributed by atoms with E-state index in [1.165, 1.54) is 0 Å². The lowest BCUT2D eigenvalue weighted by atomic mass is 10.0. The van der Waals surface area contributed by atoms with Crippen LogP contribution in [0.5, 0.6) is 0 Å². The van der Waals surface area contributed by atoms with Crippen LogP contribution in [-0.4, -0.2) is 20.5 Å². The van der Waals surface area contributed by atoms with Crippen LogP contribution in [0.15, 0.2) is 42.5 Å². The smallest absolute Gasteiger partial charge is 0.216 e. The zero-order chi connectivity index (χ0) is 14.1. The molecule has 0 aliphatic carbocycles. The van der Waals surface area contributed by atoms with Gasteiger partial charge in [0.05, 0.1) is 0 Å². The molecule has 1 N–H and O–H groups in total. The third-order valence-corrected chi connectivity index (χ3v) is 3.49. The van der Waals surface area contributed by atoms with Gasteiger partial charge in [0.25, 0.3) is 0 Å². The highest BCUT2D eigenvalue weighted by Crippen LogP contribution is 2.19. The maximum Gasteiger partial charge on any atom is 0.216 e. The van der Waals surface area contributed by atoms with E-state index in [0.717, 1.165) is 10.8 Å². The van der Waals surface area contributed by atoms with E-state index in [9.17, 15) is 4.79 Å². The number of hydrogen-bond acceptors (Lipinski definition) is 3. The Kier molecular flexibility index (Phi) is 3.20. The van der Waals surface area contributed by atoms with Gasteiger partial charge < -0.3 is 0 Å². The standard InChI is InChI=1S/C15H13N3OS/c1-10-16-15(20)18(17-10)9-14(19)13-8-4-6-11-5-2-3-7-12(11)13/h2-8H,9H2,1H3,(H,16,17,20). The van der Waals surface area contributed by atoms with Crippen molar-refractivity contribution in [2.24, 2.45) is 0 Å². The Labute approximate surface area is 121 Å². The van der Waals surface area contributed by atoms with Gasteiger partial charge in [0, 0.05) is 5.56 Å². The second-order valence-corrected chi connectivity index (χ2v) is 4.99. The van der Waals surface area contributed by atoms with E-state index in [4.69, 9.17) is 12.2 Å². The first kappa shape index (κ1) is 12.7. The highest BCUT2D eigenvalue weighted by molar-refractivity contribution is 7.71. The number of benzene rings is 2. The van der Waals surface area contributed by atoms with Gasteiger partial charge in [-0.15, -0.1) is 0 Å². The Bertz CT molecular complexity index is 842.